The van der Waals surface area contributed by atoms with Gasteiger partial charge in [0.05, 0.1) is 19.3 Å². The summed E-state index contributed by atoms with van der Waals surface area (Å²) in [6.07, 6.45) is -0.580. The van der Waals surface area contributed by atoms with E-state index in [1.54, 1.807) is 6.92 Å². The first-order valence-electron chi connectivity index (χ1n) is 7.02. The number of nitriles is 1. The predicted molar refractivity (Wildman–Crippen MR) is 75.1 cm³/mol. The van der Waals surface area contributed by atoms with Crippen molar-refractivity contribution in [2.24, 2.45) is 5.92 Å². The molecule has 0 spiro atoms. The van der Waals surface area contributed by atoms with E-state index < -0.39 is 36.0 Å². The van der Waals surface area contributed by atoms with E-state index in [2.05, 4.69) is 10.1 Å². The maximum Gasteiger partial charge on any atom is 0.328 e. The van der Waals surface area contributed by atoms with Crippen LogP contribution >= 0.6 is 0 Å². The van der Waals surface area contributed by atoms with Crippen LogP contribution in [0.25, 0.3) is 0 Å². The number of aliphatic hydroxyl groups excluding tert-OH is 1. The van der Waals surface area contributed by atoms with Crippen molar-refractivity contribution in [2.75, 3.05) is 13.7 Å². The zero-order valence-electron chi connectivity index (χ0n) is 12.9. The third kappa shape index (κ3) is 4.18. The minimum absolute atomic E-state index is 0.0732. The Morgan fingerprint density at radius 3 is 2.64 bits per heavy atom. The lowest BCUT2D eigenvalue weighted by Crippen LogP contribution is -2.52. The Hall–Kier alpha value is -2.14. The number of nitrogens with one attached hydrogen (secondary N) is 1. The van der Waals surface area contributed by atoms with Crippen molar-refractivity contribution in [3.05, 3.63) is 0 Å². The van der Waals surface area contributed by atoms with E-state index in [1.165, 1.54) is 18.9 Å². The number of ether oxygens (including phenoxy) is 1. The van der Waals surface area contributed by atoms with Crippen LogP contribution in [0.2, 0.25) is 0 Å². The minimum atomic E-state index is -0.969. The Balaban J connectivity index is 2.84. The topological polar surface area (TPSA) is 120 Å². The van der Waals surface area contributed by atoms with Crippen LogP contribution in [0.4, 0.5) is 0 Å². The maximum atomic E-state index is 12.3. The van der Waals surface area contributed by atoms with Gasteiger partial charge in [0.25, 0.3) is 0 Å². The number of carbonyl (C=O) groups excluding carboxylic acids is 3. The lowest BCUT2D eigenvalue weighted by Gasteiger charge is -2.26. The van der Waals surface area contributed by atoms with E-state index in [9.17, 15) is 19.5 Å². The van der Waals surface area contributed by atoms with Gasteiger partial charge >= 0.3 is 5.97 Å². The number of esters is 1. The molecule has 1 heterocycles. The average Bonchev–Trinajstić information content (AvgIpc) is 2.86. The van der Waals surface area contributed by atoms with Crippen LogP contribution in [0.5, 0.6) is 0 Å². The fraction of sp³-hybridized carbons (Fsp3) is 0.714. The third-order valence-electron chi connectivity index (χ3n) is 3.72. The van der Waals surface area contributed by atoms with Crippen molar-refractivity contribution in [1.29, 1.82) is 5.26 Å². The molecule has 0 unspecified atom stereocenters. The van der Waals surface area contributed by atoms with Gasteiger partial charge in [0.2, 0.25) is 11.8 Å². The minimum Gasteiger partial charge on any atom is -0.467 e. The summed E-state index contributed by atoms with van der Waals surface area (Å²) in [7, 11) is 1.20. The highest BCUT2D eigenvalue weighted by Crippen LogP contribution is 2.19. The van der Waals surface area contributed by atoms with Gasteiger partial charge in [-0.2, -0.15) is 5.26 Å². The largest absolute Gasteiger partial charge is 0.467 e. The highest BCUT2D eigenvalue weighted by Gasteiger charge is 2.39. The van der Waals surface area contributed by atoms with Crippen molar-refractivity contribution >= 4 is 17.8 Å². The van der Waals surface area contributed by atoms with Crippen LogP contribution in [0.3, 0.4) is 0 Å². The normalized spacial score (nSPS) is 23.3. The molecule has 1 aliphatic heterocycles. The number of rotatable bonds is 5. The van der Waals surface area contributed by atoms with E-state index in [1.807, 2.05) is 6.07 Å². The zero-order valence-corrected chi connectivity index (χ0v) is 12.9. The van der Waals surface area contributed by atoms with Crippen LogP contribution in [-0.4, -0.2) is 59.6 Å². The number of amides is 2. The molecule has 1 fully saturated rings. The van der Waals surface area contributed by atoms with E-state index >= 15 is 0 Å². The second-order valence-electron chi connectivity index (χ2n) is 5.43. The molecule has 0 aromatic rings. The number of hydrogen-bond acceptors (Lipinski definition) is 6. The van der Waals surface area contributed by atoms with Gasteiger partial charge in [-0.05, 0) is 0 Å². The number of hydrogen-bond donors (Lipinski definition) is 2. The van der Waals surface area contributed by atoms with Gasteiger partial charge in [-0.3, -0.25) is 9.59 Å². The standard InChI is InChI=1S/C14H21N3O5/c1-8(4-5-15)12(14(21)22-3)16-13(20)11-6-10(19)7-17(11)9(2)18/h8,10-12,19H,4,6-7H2,1-3H3,(H,16,20)/t8-,10+,11-,12+/m0/s1. The SMILES string of the molecule is COC(=O)[C@H](NC(=O)[C@@H]1C[C@@H](O)CN1C(C)=O)[C@@H](C)CC#N. The first-order chi connectivity index (χ1) is 10.3. The van der Waals surface area contributed by atoms with Crippen molar-refractivity contribution < 1.29 is 24.2 Å². The van der Waals surface area contributed by atoms with Crippen molar-refractivity contribution in [3.8, 4) is 6.07 Å². The Morgan fingerprint density at radius 1 is 1.50 bits per heavy atom. The van der Waals surface area contributed by atoms with E-state index in [4.69, 9.17) is 5.26 Å². The molecule has 2 N–H and O–H groups in total. The average molecular weight is 311 g/mol. The van der Waals surface area contributed by atoms with Crippen molar-refractivity contribution in [2.45, 2.75) is 44.9 Å². The van der Waals surface area contributed by atoms with Crippen LogP contribution in [0.1, 0.15) is 26.7 Å². The molecule has 0 radical (unpaired) electrons. The third-order valence-corrected chi connectivity index (χ3v) is 3.72. The second-order valence-corrected chi connectivity index (χ2v) is 5.43. The van der Waals surface area contributed by atoms with Gasteiger partial charge in [-0.15, -0.1) is 0 Å². The van der Waals surface area contributed by atoms with Crippen molar-refractivity contribution in [1.82, 2.24) is 10.2 Å². The van der Waals surface area contributed by atoms with Gasteiger partial charge in [-0.1, -0.05) is 6.92 Å². The van der Waals surface area contributed by atoms with Crippen LogP contribution < -0.4 is 5.32 Å². The van der Waals surface area contributed by atoms with Gasteiger partial charge < -0.3 is 20.1 Å². The van der Waals surface area contributed by atoms with E-state index in [-0.39, 0.29) is 25.3 Å². The monoisotopic (exact) mass is 311 g/mol. The number of nitrogens with zero attached hydrogens (tertiary/aromatic N) is 2. The molecular weight excluding hydrogens is 290 g/mol. The first kappa shape index (κ1) is 17.9. The highest BCUT2D eigenvalue weighted by molar-refractivity contribution is 5.91. The van der Waals surface area contributed by atoms with Gasteiger partial charge in [-0.25, -0.2) is 4.79 Å². The Labute approximate surface area is 129 Å². The molecular formula is C14H21N3O5. The molecule has 22 heavy (non-hydrogen) atoms. The Bertz CT molecular complexity index is 487. The van der Waals surface area contributed by atoms with Gasteiger partial charge in [0.15, 0.2) is 0 Å². The molecule has 1 aliphatic rings. The number of methoxy groups -OCH3 is 1. The zero-order chi connectivity index (χ0) is 16.9. The van der Waals surface area contributed by atoms with Gasteiger partial charge in [0.1, 0.15) is 12.1 Å². The van der Waals surface area contributed by atoms with Crippen LogP contribution in [0.15, 0.2) is 0 Å². The summed E-state index contributed by atoms with van der Waals surface area (Å²) in [4.78, 5) is 36.9. The predicted octanol–water partition coefficient (Wildman–Crippen LogP) is -0.824. The number of likely N-dealkylation sites (tertiary alicyclic amines) is 1. The molecule has 0 bridgehead atoms. The number of β-amino-alcohol motifs (C(OH)–C–C–N with tert-alkyl or cyclic N) is 1. The fourth-order valence-electron chi connectivity index (χ4n) is 2.48. The fourth-order valence-corrected chi connectivity index (χ4v) is 2.48. The molecule has 8 heteroatoms. The molecule has 4 atom stereocenters. The molecule has 8 nitrogen and oxygen atoms in total. The summed E-state index contributed by atoms with van der Waals surface area (Å²) in [5, 5.41) is 20.9. The summed E-state index contributed by atoms with van der Waals surface area (Å²) in [6, 6.07) is 0.146. The molecule has 1 rings (SSSR count). The van der Waals surface area contributed by atoms with E-state index in [0.717, 1.165) is 0 Å². The summed E-state index contributed by atoms with van der Waals surface area (Å²) in [5.41, 5.74) is 0. The Morgan fingerprint density at radius 2 is 2.14 bits per heavy atom. The molecule has 1 saturated heterocycles. The van der Waals surface area contributed by atoms with Gasteiger partial charge in [0, 0.05) is 32.2 Å². The molecule has 0 aromatic heterocycles. The lowest BCUT2D eigenvalue weighted by atomic mass is 9.98. The quantitative estimate of drug-likeness (QED) is 0.640. The summed E-state index contributed by atoms with van der Waals surface area (Å²) < 4.78 is 4.65. The Kier molecular flexibility index (Phi) is 6.31. The second kappa shape index (κ2) is 7.75. The number of carbonyl (C=O) groups is 3. The first-order valence-corrected chi connectivity index (χ1v) is 7.02. The van der Waals surface area contributed by atoms with Crippen LogP contribution in [0, 0.1) is 17.2 Å². The molecule has 122 valence electrons. The molecule has 0 aliphatic carbocycles. The molecule has 2 amide bonds. The molecule has 0 saturated carbocycles. The number of aliphatic hydroxyl groups is 1. The summed E-state index contributed by atoms with van der Waals surface area (Å²) in [5.74, 6) is -1.94. The maximum absolute atomic E-state index is 12.3. The smallest absolute Gasteiger partial charge is 0.328 e. The highest BCUT2D eigenvalue weighted by atomic mass is 16.5. The summed E-state index contributed by atoms with van der Waals surface area (Å²) in [6.45, 7) is 3.05. The summed E-state index contributed by atoms with van der Waals surface area (Å²) >= 11 is 0. The van der Waals surface area contributed by atoms with E-state index in [0.29, 0.717) is 0 Å². The lowest BCUT2D eigenvalue weighted by molar-refractivity contribution is -0.147. The van der Waals surface area contributed by atoms with Crippen LogP contribution in [-0.2, 0) is 19.1 Å². The molecule has 0 aromatic carbocycles. The van der Waals surface area contributed by atoms with Crippen molar-refractivity contribution in [3.63, 3.8) is 0 Å².